The number of fused-ring (bicyclic) bond motifs is 3. The van der Waals surface area contributed by atoms with Gasteiger partial charge in [0.2, 0.25) is 5.95 Å². The van der Waals surface area contributed by atoms with Crippen molar-refractivity contribution in [3.63, 3.8) is 0 Å². The highest BCUT2D eigenvalue weighted by atomic mass is 32.2. The van der Waals surface area contributed by atoms with E-state index in [4.69, 9.17) is 0 Å². The molecule has 3 aliphatic heterocycles. The number of aryl methyl sites for hydroxylation is 1. The number of benzene rings is 1. The summed E-state index contributed by atoms with van der Waals surface area (Å²) in [6.45, 7) is 5.02. The lowest BCUT2D eigenvalue weighted by Gasteiger charge is -2.33. The Kier molecular flexibility index (Phi) is 6.93. The normalized spacial score (nSPS) is 23.3. The average molecular weight is 633 g/mol. The van der Waals surface area contributed by atoms with Gasteiger partial charge in [0.05, 0.1) is 21.2 Å². The van der Waals surface area contributed by atoms with Crippen molar-refractivity contribution < 1.29 is 26.4 Å². The van der Waals surface area contributed by atoms with Crippen molar-refractivity contribution in [1.82, 2.24) is 20.2 Å². The molecular weight excluding hydrogens is 601 g/mol. The molecule has 43 heavy (non-hydrogen) atoms. The van der Waals surface area contributed by atoms with E-state index >= 15 is 0 Å². The van der Waals surface area contributed by atoms with Crippen LogP contribution in [0.2, 0.25) is 0 Å². The Balaban J connectivity index is 1.23. The molecule has 5 heterocycles. The van der Waals surface area contributed by atoms with Crippen molar-refractivity contribution in [3.8, 4) is 10.6 Å². The number of nitrogens with one attached hydrogen (secondary N) is 2. The van der Waals surface area contributed by atoms with Gasteiger partial charge in [0, 0.05) is 55.8 Å². The summed E-state index contributed by atoms with van der Waals surface area (Å²) in [6.07, 6.45) is -0.644. The van der Waals surface area contributed by atoms with E-state index in [2.05, 4.69) is 31.6 Å². The molecule has 14 heteroatoms. The van der Waals surface area contributed by atoms with Crippen molar-refractivity contribution in [2.75, 3.05) is 42.1 Å². The first kappa shape index (κ1) is 28.5. The summed E-state index contributed by atoms with van der Waals surface area (Å²) in [4.78, 5) is 25.1. The third-order valence-corrected chi connectivity index (χ3v) is 11.7. The first-order chi connectivity index (χ1) is 20.5. The molecule has 1 aromatic carbocycles. The SMILES string of the molecule is CCc1cc(N2C[C@H]3CN[C@@H](C3)C2)ccc1Nc1ncc(C(F)(F)F)c(-c2cc3c(s2)C(=O)N(C2CC2)CCS3(=O)=O)n1. The molecule has 0 radical (unpaired) electrons. The number of carbonyl (C=O) groups excluding carboxylic acids is 1. The van der Waals surface area contributed by atoms with Crippen LogP contribution >= 0.6 is 11.3 Å². The Labute approximate surface area is 251 Å². The zero-order chi connectivity index (χ0) is 30.1. The maximum atomic E-state index is 14.1. The number of amides is 1. The van der Waals surface area contributed by atoms with Gasteiger partial charge in [-0.1, -0.05) is 6.92 Å². The number of halogens is 3. The van der Waals surface area contributed by atoms with E-state index in [1.54, 1.807) is 0 Å². The largest absolute Gasteiger partial charge is 0.420 e. The number of carbonyl (C=O) groups is 1. The van der Waals surface area contributed by atoms with Crippen LogP contribution < -0.4 is 15.5 Å². The molecule has 2 saturated heterocycles. The lowest BCUT2D eigenvalue weighted by molar-refractivity contribution is -0.137. The van der Waals surface area contributed by atoms with Gasteiger partial charge in [-0.05, 0) is 61.4 Å². The second-order valence-corrected chi connectivity index (χ2v) is 14.9. The summed E-state index contributed by atoms with van der Waals surface area (Å²) in [5.41, 5.74) is 1.18. The summed E-state index contributed by atoms with van der Waals surface area (Å²) in [6, 6.07) is 7.60. The minimum atomic E-state index is -4.79. The summed E-state index contributed by atoms with van der Waals surface area (Å²) in [7, 11) is -3.87. The van der Waals surface area contributed by atoms with Gasteiger partial charge in [-0.3, -0.25) is 4.79 Å². The van der Waals surface area contributed by atoms with Crippen molar-refractivity contribution in [1.29, 1.82) is 0 Å². The molecular formula is C29H31F3N6O3S2. The zero-order valence-electron chi connectivity index (χ0n) is 23.4. The highest BCUT2D eigenvalue weighted by molar-refractivity contribution is 7.91. The van der Waals surface area contributed by atoms with Gasteiger partial charge in [-0.2, -0.15) is 13.2 Å². The predicted octanol–water partition coefficient (Wildman–Crippen LogP) is 4.72. The molecule has 1 aliphatic carbocycles. The topological polar surface area (TPSA) is 108 Å². The smallest absolute Gasteiger partial charge is 0.370 e. The molecule has 2 atom stereocenters. The molecule has 3 aromatic rings. The zero-order valence-corrected chi connectivity index (χ0v) is 25.1. The van der Waals surface area contributed by atoms with Crippen LogP contribution in [0.3, 0.4) is 0 Å². The fourth-order valence-electron chi connectivity index (χ4n) is 6.36. The van der Waals surface area contributed by atoms with Gasteiger partial charge < -0.3 is 20.4 Å². The van der Waals surface area contributed by atoms with Crippen molar-refractivity contribution in [3.05, 3.63) is 46.5 Å². The van der Waals surface area contributed by atoms with Crippen LogP contribution in [-0.2, 0) is 22.4 Å². The van der Waals surface area contributed by atoms with E-state index in [-0.39, 0.29) is 38.9 Å². The van der Waals surface area contributed by atoms with E-state index < -0.39 is 33.2 Å². The third-order valence-electron chi connectivity index (χ3n) is 8.72. The first-order valence-corrected chi connectivity index (χ1v) is 17.0. The van der Waals surface area contributed by atoms with Gasteiger partial charge in [0.1, 0.15) is 10.4 Å². The highest BCUT2D eigenvalue weighted by Gasteiger charge is 2.42. The summed E-state index contributed by atoms with van der Waals surface area (Å²) in [5.74, 6) is -0.162. The number of thiophene rings is 1. The van der Waals surface area contributed by atoms with Gasteiger partial charge in [-0.15, -0.1) is 11.3 Å². The first-order valence-electron chi connectivity index (χ1n) is 14.5. The Morgan fingerprint density at radius 1 is 1.19 bits per heavy atom. The number of alkyl halides is 3. The summed E-state index contributed by atoms with van der Waals surface area (Å²) in [5, 5.41) is 6.65. The molecule has 7 rings (SSSR count). The van der Waals surface area contributed by atoms with Gasteiger partial charge in [0.15, 0.2) is 9.84 Å². The Hall–Kier alpha value is -3.23. The van der Waals surface area contributed by atoms with Crippen molar-refractivity contribution >= 4 is 44.4 Å². The number of sulfone groups is 1. The molecule has 2 aromatic heterocycles. The lowest BCUT2D eigenvalue weighted by atomic mass is 9.99. The third kappa shape index (κ3) is 5.37. The predicted molar refractivity (Wildman–Crippen MR) is 158 cm³/mol. The fraction of sp³-hybridized carbons (Fsp3) is 0.483. The monoisotopic (exact) mass is 632 g/mol. The Bertz CT molecular complexity index is 1690. The van der Waals surface area contributed by atoms with Gasteiger partial charge >= 0.3 is 6.18 Å². The van der Waals surface area contributed by atoms with Crippen LogP contribution in [0.5, 0.6) is 0 Å². The quantitative estimate of drug-likeness (QED) is 0.402. The van der Waals surface area contributed by atoms with Crippen LogP contribution in [0.15, 0.2) is 35.4 Å². The maximum Gasteiger partial charge on any atom is 0.420 e. The van der Waals surface area contributed by atoms with Crippen LogP contribution in [-0.4, -0.2) is 73.2 Å². The number of hydrogen-bond acceptors (Lipinski definition) is 9. The average Bonchev–Trinajstić information content (AvgIpc) is 3.62. The molecule has 4 aliphatic rings. The van der Waals surface area contributed by atoms with Gasteiger partial charge in [-0.25, -0.2) is 18.4 Å². The molecule has 0 spiro atoms. The second-order valence-electron chi connectivity index (χ2n) is 11.7. The fourth-order valence-corrected chi connectivity index (χ4v) is 9.28. The Morgan fingerprint density at radius 2 is 2.00 bits per heavy atom. The molecule has 2 bridgehead atoms. The van der Waals surface area contributed by atoms with Crippen LogP contribution in [0, 0.1) is 5.92 Å². The van der Waals surface area contributed by atoms with Crippen molar-refractivity contribution in [2.24, 2.45) is 5.92 Å². The van der Waals surface area contributed by atoms with Crippen LogP contribution in [0.25, 0.3) is 10.6 Å². The van der Waals surface area contributed by atoms with E-state index in [1.165, 1.54) is 11.3 Å². The maximum absolute atomic E-state index is 14.1. The molecule has 3 fully saturated rings. The van der Waals surface area contributed by atoms with E-state index in [1.807, 2.05) is 19.1 Å². The summed E-state index contributed by atoms with van der Waals surface area (Å²) < 4.78 is 68.6. The Morgan fingerprint density at radius 3 is 2.72 bits per heavy atom. The van der Waals surface area contributed by atoms with E-state index in [9.17, 15) is 26.4 Å². The number of aromatic nitrogens is 2. The molecule has 9 nitrogen and oxygen atoms in total. The number of hydrogen-bond donors (Lipinski definition) is 2. The minimum absolute atomic E-state index is 0.0272. The number of nitrogens with zero attached hydrogens (tertiary/aromatic N) is 4. The number of piperidine rings is 1. The van der Waals surface area contributed by atoms with Crippen molar-refractivity contribution in [2.45, 2.75) is 55.8 Å². The van der Waals surface area contributed by atoms with E-state index in [0.717, 1.165) is 61.1 Å². The standard InChI is InChI=1S/C29H31F3N6O3S2/c1-2-17-10-20(37-14-16-9-18(15-37)33-12-16)5-6-22(17)35-28-34-13-21(29(30,31)32)25(36-28)23-11-24-26(42-23)27(39)38(19-3-4-19)7-8-43(24,40)41/h5-6,10-11,13,16,18-19,33H,2-4,7-9,12,14-15H2,1H3,(H,34,35,36)/t16-,18+/m1/s1. The minimum Gasteiger partial charge on any atom is -0.370 e. The molecule has 0 unspecified atom stereocenters. The molecule has 2 N–H and O–H groups in total. The highest BCUT2D eigenvalue weighted by Crippen LogP contribution is 2.43. The molecule has 1 amide bonds. The summed E-state index contributed by atoms with van der Waals surface area (Å²) >= 11 is 0.738. The molecule has 1 saturated carbocycles. The molecule has 228 valence electrons. The van der Waals surface area contributed by atoms with E-state index in [0.29, 0.717) is 30.3 Å². The van der Waals surface area contributed by atoms with Gasteiger partial charge in [0.25, 0.3) is 5.91 Å². The number of anilines is 3. The second kappa shape index (κ2) is 10.4. The van der Waals surface area contributed by atoms with Crippen LogP contribution in [0.1, 0.15) is 47.0 Å². The lowest BCUT2D eigenvalue weighted by Crippen LogP contribution is -2.41. The number of rotatable bonds is 6. The van der Waals surface area contributed by atoms with Crippen LogP contribution in [0.4, 0.5) is 30.5 Å².